The van der Waals surface area contributed by atoms with Gasteiger partial charge in [0.2, 0.25) is 5.91 Å². The van der Waals surface area contributed by atoms with Gasteiger partial charge in [-0.1, -0.05) is 33.9 Å². The molecule has 0 aliphatic carbocycles. The van der Waals surface area contributed by atoms with Crippen LogP contribution in [0.25, 0.3) is 0 Å². The van der Waals surface area contributed by atoms with Crippen LogP contribution in [0.4, 0.5) is 0 Å². The van der Waals surface area contributed by atoms with Crippen molar-refractivity contribution in [1.29, 1.82) is 0 Å². The number of carbonyl (C=O) groups excluding carboxylic acids is 1. The van der Waals surface area contributed by atoms with Gasteiger partial charge in [-0.3, -0.25) is 4.79 Å². The Balaban J connectivity index is 0. The Morgan fingerprint density at radius 1 is 1.11 bits per heavy atom. The van der Waals surface area contributed by atoms with E-state index in [1.807, 2.05) is 41.5 Å². The number of aliphatic carboxylic acids is 1. The molecule has 0 fully saturated rings. The smallest absolute Gasteiger partial charge is 0.331 e. The van der Waals surface area contributed by atoms with E-state index >= 15 is 0 Å². The number of amides is 1. The van der Waals surface area contributed by atoms with E-state index in [9.17, 15) is 9.59 Å². The first kappa shape index (κ1) is 18.8. The molecule has 0 bridgehead atoms. The molecular formula is C14H25NO3. The predicted octanol–water partition coefficient (Wildman–Crippen LogP) is 2.76. The Hall–Kier alpha value is -1.58. The number of carboxylic acid groups (broad SMARTS) is 1. The van der Waals surface area contributed by atoms with Gasteiger partial charge in [0.1, 0.15) is 0 Å². The molecule has 104 valence electrons. The van der Waals surface area contributed by atoms with Gasteiger partial charge < -0.3 is 10.4 Å². The third-order valence-corrected chi connectivity index (χ3v) is 1.85. The SMILES string of the molecule is C=C(C(=O)O)C(C)(C)C.C=CC(=O)NC(C)(C)C. The third kappa shape index (κ3) is 10.9. The molecule has 18 heavy (non-hydrogen) atoms. The van der Waals surface area contributed by atoms with Crippen molar-refractivity contribution in [3.05, 3.63) is 24.8 Å². The van der Waals surface area contributed by atoms with Gasteiger partial charge in [0.25, 0.3) is 0 Å². The lowest BCUT2D eigenvalue weighted by atomic mass is 9.88. The van der Waals surface area contributed by atoms with Gasteiger partial charge in [-0.15, -0.1) is 0 Å². The summed E-state index contributed by atoms with van der Waals surface area (Å²) >= 11 is 0. The number of hydrogen-bond acceptors (Lipinski definition) is 2. The first-order valence-electron chi connectivity index (χ1n) is 5.68. The van der Waals surface area contributed by atoms with E-state index < -0.39 is 5.97 Å². The minimum Gasteiger partial charge on any atom is -0.478 e. The molecule has 0 saturated heterocycles. The molecule has 0 spiro atoms. The normalized spacial score (nSPS) is 10.8. The summed E-state index contributed by atoms with van der Waals surface area (Å²) in [5.41, 5.74) is -0.209. The van der Waals surface area contributed by atoms with Crippen molar-refractivity contribution >= 4 is 11.9 Å². The summed E-state index contributed by atoms with van der Waals surface area (Å²) in [5, 5.41) is 11.1. The second kappa shape index (κ2) is 6.99. The highest BCUT2D eigenvalue weighted by atomic mass is 16.4. The Morgan fingerprint density at radius 2 is 1.50 bits per heavy atom. The van der Waals surface area contributed by atoms with Crippen LogP contribution in [-0.2, 0) is 9.59 Å². The molecule has 4 nitrogen and oxygen atoms in total. The van der Waals surface area contributed by atoms with Crippen molar-refractivity contribution in [3.8, 4) is 0 Å². The fourth-order valence-corrected chi connectivity index (χ4v) is 0.741. The molecule has 0 aliphatic heterocycles. The number of carbonyl (C=O) groups is 2. The van der Waals surface area contributed by atoms with Crippen LogP contribution < -0.4 is 5.32 Å². The highest BCUT2D eigenvalue weighted by molar-refractivity contribution is 5.87. The zero-order valence-corrected chi connectivity index (χ0v) is 12.3. The molecule has 0 heterocycles. The molecule has 4 heteroatoms. The van der Waals surface area contributed by atoms with E-state index in [1.54, 1.807) is 0 Å². The summed E-state index contributed by atoms with van der Waals surface area (Å²) in [6, 6.07) is 0. The minimum atomic E-state index is -0.914. The van der Waals surface area contributed by atoms with Crippen LogP contribution in [0.15, 0.2) is 24.8 Å². The molecule has 0 aromatic heterocycles. The van der Waals surface area contributed by atoms with E-state index in [4.69, 9.17) is 5.11 Å². The zero-order valence-electron chi connectivity index (χ0n) is 12.3. The van der Waals surface area contributed by atoms with Gasteiger partial charge in [0.05, 0.1) is 0 Å². The summed E-state index contributed by atoms with van der Waals surface area (Å²) in [7, 11) is 0. The van der Waals surface area contributed by atoms with Crippen molar-refractivity contribution in [2.45, 2.75) is 47.1 Å². The van der Waals surface area contributed by atoms with Crippen LogP contribution in [0.3, 0.4) is 0 Å². The summed E-state index contributed by atoms with van der Waals surface area (Å²) < 4.78 is 0. The Morgan fingerprint density at radius 3 is 1.56 bits per heavy atom. The fraction of sp³-hybridized carbons (Fsp3) is 0.571. The lowest BCUT2D eigenvalue weighted by molar-refractivity contribution is -0.133. The van der Waals surface area contributed by atoms with Crippen molar-refractivity contribution in [2.24, 2.45) is 5.41 Å². The molecule has 0 saturated carbocycles. The van der Waals surface area contributed by atoms with Crippen molar-refractivity contribution < 1.29 is 14.7 Å². The molecule has 0 radical (unpaired) electrons. The highest BCUT2D eigenvalue weighted by Crippen LogP contribution is 2.22. The number of rotatable bonds is 2. The maximum absolute atomic E-state index is 10.6. The highest BCUT2D eigenvalue weighted by Gasteiger charge is 2.20. The molecule has 1 amide bonds. The maximum atomic E-state index is 10.6. The van der Waals surface area contributed by atoms with Crippen molar-refractivity contribution in [3.63, 3.8) is 0 Å². The minimum absolute atomic E-state index is 0.123. The van der Waals surface area contributed by atoms with E-state index in [1.165, 1.54) is 6.08 Å². The molecule has 0 aromatic rings. The molecule has 0 unspecified atom stereocenters. The number of hydrogen-bond donors (Lipinski definition) is 2. The lowest BCUT2D eigenvalue weighted by Crippen LogP contribution is -2.39. The first-order chi connectivity index (χ1) is 7.81. The average molecular weight is 255 g/mol. The topological polar surface area (TPSA) is 66.4 Å². The Kier molecular flexibility index (Phi) is 7.29. The van der Waals surface area contributed by atoms with Crippen LogP contribution in [0.1, 0.15) is 41.5 Å². The zero-order chi connectivity index (χ0) is 15.1. The van der Waals surface area contributed by atoms with Crippen molar-refractivity contribution in [1.82, 2.24) is 5.32 Å². The van der Waals surface area contributed by atoms with Crippen molar-refractivity contribution in [2.75, 3.05) is 0 Å². The standard InChI is InChI=1S/C7H13NO.C7H12O2/c1-5-6(9)8-7(2,3)4;1-5(6(8)9)7(2,3)4/h5H,1H2,2-4H3,(H,8,9);1H2,2-4H3,(H,8,9). The van der Waals surface area contributed by atoms with E-state index in [0.717, 1.165) is 0 Å². The summed E-state index contributed by atoms with van der Waals surface area (Å²) in [6.07, 6.45) is 1.27. The average Bonchev–Trinajstić information content (AvgIpc) is 2.13. The second-order valence-electron chi connectivity index (χ2n) is 5.98. The molecule has 2 N–H and O–H groups in total. The largest absolute Gasteiger partial charge is 0.478 e. The van der Waals surface area contributed by atoms with E-state index in [-0.39, 0.29) is 22.4 Å². The maximum Gasteiger partial charge on any atom is 0.331 e. The van der Waals surface area contributed by atoms with Gasteiger partial charge in [-0.2, -0.15) is 0 Å². The second-order valence-corrected chi connectivity index (χ2v) is 5.98. The Bertz CT molecular complexity index is 328. The van der Waals surface area contributed by atoms with Gasteiger partial charge >= 0.3 is 5.97 Å². The number of nitrogens with one attached hydrogen (secondary N) is 1. The fourth-order valence-electron chi connectivity index (χ4n) is 0.741. The molecule has 0 atom stereocenters. The van der Waals surface area contributed by atoms with Crippen LogP contribution in [-0.4, -0.2) is 22.5 Å². The predicted molar refractivity (Wildman–Crippen MR) is 74.3 cm³/mol. The van der Waals surface area contributed by atoms with Crippen LogP contribution in [0.2, 0.25) is 0 Å². The Labute approximate surface area is 110 Å². The third-order valence-electron chi connectivity index (χ3n) is 1.85. The summed E-state index contributed by atoms with van der Waals surface area (Å²) in [5.74, 6) is -1.04. The lowest BCUT2D eigenvalue weighted by Gasteiger charge is -2.18. The molecular weight excluding hydrogens is 230 g/mol. The van der Waals surface area contributed by atoms with Gasteiger partial charge in [-0.05, 0) is 32.3 Å². The molecule has 0 aromatic carbocycles. The quantitative estimate of drug-likeness (QED) is 0.746. The summed E-state index contributed by atoms with van der Waals surface area (Å²) in [4.78, 5) is 20.8. The number of carboxylic acids is 1. The molecule has 0 aliphatic rings. The van der Waals surface area contributed by atoms with Crippen LogP contribution >= 0.6 is 0 Å². The van der Waals surface area contributed by atoms with E-state index in [2.05, 4.69) is 18.5 Å². The molecule has 0 rings (SSSR count). The summed E-state index contributed by atoms with van der Waals surface area (Å²) in [6.45, 7) is 18.0. The van der Waals surface area contributed by atoms with E-state index in [0.29, 0.717) is 0 Å². The van der Waals surface area contributed by atoms with Crippen LogP contribution in [0.5, 0.6) is 0 Å². The van der Waals surface area contributed by atoms with Gasteiger partial charge in [0.15, 0.2) is 0 Å². The van der Waals surface area contributed by atoms with Gasteiger partial charge in [0, 0.05) is 11.1 Å². The first-order valence-corrected chi connectivity index (χ1v) is 5.68. The van der Waals surface area contributed by atoms with Crippen LogP contribution in [0, 0.1) is 5.41 Å². The monoisotopic (exact) mass is 255 g/mol. The van der Waals surface area contributed by atoms with Gasteiger partial charge in [-0.25, -0.2) is 4.79 Å².